The van der Waals surface area contributed by atoms with Gasteiger partial charge in [-0.05, 0) is 30.4 Å². The predicted octanol–water partition coefficient (Wildman–Crippen LogP) is 2.92. The van der Waals surface area contributed by atoms with Gasteiger partial charge in [0.2, 0.25) is 10.0 Å². The largest absolute Gasteiger partial charge is 0.310 e. The lowest BCUT2D eigenvalue weighted by molar-refractivity contribution is 0.304. The molecule has 1 atom stereocenters. The maximum Gasteiger partial charge on any atom is 0.213 e. The van der Waals surface area contributed by atoms with E-state index in [0.29, 0.717) is 12.6 Å². The quantitative estimate of drug-likeness (QED) is 0.810. The van der Waals surface area contributed by atoms with Gasteiger partial charge < -0.3 is 5.32 Å². The summed E-state index contributed by atoms with van der Waals surface area (Å²) < 4.78 is 22.6. The Morgan fingerprint density at radius 2 is 1.82 bits per heavy atom. The van der Waals surface area contributed by atoms with E-state index < -0.39 is 10.0 Å². The van der Waals surface area contributed by atoms with Gasteiger partial charge in [0, 0.05) is 12.6 Å². The molecule has 3 N–H and O–H groups in total. The van der Waals surface area contributed by atoms with Crippen LogP contribution in [0.2, 0.25) is 0 Å². The summed E-state index contributed by atoms with van der Waals surface area (Å²) in [6.45, 7) is 2.91. The maximum absolute atomic E-state index is 11.3. The number of nitrogens with one attached hydrogen (secondary N) is 1. The van der Waals surface area contributed by atoms with Crippen molar-refractivity contribution in [2.24, 2.45) is 11.1 Å². The zero-order valence-corrected chi connectivity index (χ0v) is 14.2. The Labute approximate surface area is 134 Å². The monoisotopic (exact) mass is 324 g/mol. The van der Waals surface area contributed by atoms with Gasteiger partial charge in [-0.2, -0.15) is 0 Å². The van der Waals surface area contributed by atoms with Gasteiger partial charge in [-0.15, -0.1) is 0 Å². The van der Waals surface area contributed by atoms with Crippen molar-refractivity contribution >= 4 is 10.0 Å². The molecule has 1 aliphatic carbocycles. The molecule has 124 valence electrons. The van der Waals surface area contributed by atoms with Gasteiger partial charge in [-0.25, -0.2) is 13.6 Å². The maximum atomic E-state index is 11.3. The highest BCUT2D eigenvalue weighted by molar-refractivity contribution is 7.88. The Morgan fingerprint density at radius 3 is 2.45 bits per heavy atom. The number of benzene rings is 1. The fraction of sp³-hybridized carbons (Fsp3) is 0.647. The number of rotatable bonds is 7. The standard InChI is InChI=1S/C17H28N2O2S/c1-14(11-15-7-3-2-4-8-15)19-12-16-9-5-6-10-17(16)13-22(18,20)21/h5-6,9-10,14-15,19H,2-4,7-8,11-13H2,1H3,(H2,18,20,21). The van der Waals surface area contributed by atoms with E-state index in [2.05, 4.69) is 12.2 Å². The van der Waals surface area contributed by atoms with Crippen molar-refractivity contribution in [2.45, 2.75) is 63.8 Å². The number of primary sulfonamides is 1. The lowest BCUT2D eigenvalue weighted by Gasteiger charge is -2.25. The summed E-state index contributed by atoms with van der Waals surface area (Å²) in [5, 5.41) is 8.70. The van der Waals surface area contributed by atoms with Gasteiger partial charge in [0.05, 0.1) is 5.75 Å². The zero-order valence-electron chi connectivity index (χ0n) is 13.4. The Balaban J connectivity index is 1.87. The summed E-state index contributed by atoms with van der Waals surface area (Å²) >= 11 is 0. The van der Waals surface area contributed by atoms with E-state index >= 15 is 0 Å². The first-order chi connectivity index (χ1) is 10.4. The van der Waals surface area contributed by atoms with Crippen LogP contribution in [0.1, 0.15) is 56.6 Å². The van der Waals surface area contributed by atoms with E-state index in [0.717, 1.165) is 17.0 Å². The summed E-state index contributed by atoms with van der Waals surface area (Å²) in [4.78, 5) is 0. The smallest absolute Gasteiger partial charge is 0.213 e. The Kier molecular flexibility index (Phi) is 6.41. The molecule has 22 heavy (non-hydrogen) atoms. The first-order valence-corrected chi connectivity index (χ1v) is 9.96. The third-order valence-electron chi connectivity index (χ3n) is 4.53. The zero-order chi connectivity index (χ0) is 16.0. The molecule has 0 saturated heterocycles. The van der Waals surface area contributed by atoms with Crippen LogP contribution in [0.15, 0.2) is 24.3 Å². The molecule has 2 rings (SSSR count). The van der Waals surface area contributed by atoms with Crippen molar-refractivity contribution in [3.63, 3.8) is 0 Å². The topological polar surface area (TPSA) is 72.2 Å². The van der Waals surface area contributed by atoms with Gasteiger partial charge in [0.1, 0.15) is 0 Å². The second kappa shape index (κ2) is 8.09. The molecule has 1 aliphatic rings. The Bertz CT molecular complexity index is 566. The molecule has 5 heteroatoms. The predicted molar refractivity (Wildman–Crippen MR) is 90.7 cm³/mol. The summed E-state index contributed by atoms with van der Waals surface area (Å²) in [5.41, 5.74) is 1.81. The van der Waals surface area contributed by atoms with Crippen LogP contribution in [0, 0.1) is 5.92 Å². The van der Waals surface area contributed by atoms with Gasteiger partial charge in [-0.3, -0.25) is 0 Å². The van der Waals surface area contributed by atoms with E-state index in [-0.39, 0.29) is 5.75 Å². The van der Waals surface area contributed by atoms with Crippen LogP contribution in [-0.4, -0.2) is 14.5 Å². The fourth-order valence-corrected chi connectivity index (χ4v) is 4.09. The van der Waals surface area contributed by atoms with Crippen LogP contribution >= 0.6 is 0 Å². The summed E-state index contributed by atoms with van der Waals surface area (Å²) in [5.74, 6) is 0.748. The van der Waals surface area contributed by atoms with E-state index in [1.165, 1.54) is 38.5 Å². The number of hydrogen-bond acceptors (Lipinski definition) is 3. The van der Waals surface area contributed by atoms with Crippen LogP contribution in [0.3, 0.4) is 0 Å². The summed E-state index contributed by atoms with van der Waals surface area (Å²) in [6, 6.07) is 8.06. The van der Waals surface area contributed by atoms with Gasteiger partial charge in [0.25, 0.3) is 0 Å². The number of hydrogen-bond donors (Lipinski definition) is 2. The van der Waals surface area contributed by atoms with Gasteiger partial charge in [0.15, 0.2) is 0 Å². The molecular formula is C17H28N2O2S. The molecule has 0 heterocycles. The molecule has 0 spiro atoms. The number of sulfonamides is 1. The molecule has 0 amide bonds. The van der Waals surface area contributed by atoms with E-state index in [4.69, 9.17) is 5.14 Å². The lowest BCUT2D eigenvalue weighted by atomic mass is 9.85. The van der Waals surface area contributed by atoms with Crippen LogP contribution in [-0.2, 0) is 22.3 Å². The molecule has 1 unspecified atom stereocenters. The highest BCUT2D eigenvalue weighted by atomic mass is 32.2. The SMILES string of the molecule is CC(CC1CCCCC1)NCc1ccccc1CS(N)(=O)=O. The second-order valence-electron chi connectivity index (χ2n) is 6.60. The highest BCUT2D eigenvalue weighted by Gasteiger charge is 2.16. The molecule has 0 aromatic heterocycles. The summed E-state index contributed by atoms with van der Waals surface area (Å²) in [6.07, 6.45) is 8.04. The van der Waals surface area contributed by atoms with Crippen LogP contribution in [0.25, 0.3) is 0 Å². The van der Waals surface area contributed by atoms with E-state index in [9.17, 15) is 8.42 Å². The van der Waals surface area contributed by atoms with E-state index in [1.54, 1.807) is 0 Å². The third kappa shape index (κ3) is 6.07. The normalized spacial score (nSPS) is 18.3. The molecule has 1 aromatic carbocycles. The second-order valence-corrected chi connectivity index (χ2v) is 8.21. The number of nitrogens with two attached hydrogens (primary N) is 1. The minimum absolute atomic E-state index is 0.0954. The average molecular weight is 324 g/mol. The highest BCUT2D eigenvalue weighted by Crippen LogP contribution is 2.27. The van der Waals surface area contributed by atoms with Crippen molar-refractivity contribution in [1.82, 2.24) is 5.32 Å². The summed E-state index contributed by atoms with van der Waals surface area (Å²) in [7, 11) is -3.49. The Morgan fingerprint density at radius 1 is 1.18 bits per heavy atom. The molecule has 1 aromatic rings. The van der Waals surface area contributed by atoms with Crippen molar-refractivity contribution in [3.05, 3.63) is 35.4 Å². The molecule has 0 aliphatic heterocycles. The molecular weight excluding hydrogens is 296 g/mol. The third-order valence-corrected chi connectivity index (χ3v) is 5.24. The first-order valence-electron chi connectivity index (χ1n) is 8.24. The van der Waals surface area contributed by atoms with Crippen LogP contribution in [0.4, 0.5) is 0 Å². The molecule has 1 saturated carbocycles. The molecule has 0 radical (unpaired) electrons. The van der Waals surface area contributed by atoms with Crippen molar-refractivity contribution in [3.8, 4) is 0 Å². The minimum atomic E-state index is -3.49. The van der Waals surface area contributed by atoms with Gasteiger partial charge >= 0.3 is 0 Å². The molecule has 1 fully saturated rings. The van der Waals surface area contributed by atoms with E-state index in [1.807, 2.05) is 24.3 Å². The molecule has 4 nitrogen and oxygen atoms in total. The van der Waals surface area contributed by atoms with Crippen molar-refractivity contribution in [2.75, 3.05) is 0 Å². The minimum Gasteiger partial charge on any atom is -0.310 e. The van der Waals surface area contributed by atoms with Crippen LogP contribution < -0.4 is 10.5 Å². The fourth-order valence-electron chi connectivity index (χ4n) is 3.38. The van der Waals surface area contributed by atoms with Gasteiger partial charge in [-0.1, -0.05) is 56.4 Å². The van der Waals surface area contributed by atoms with Crippen molar-refractivity contribution in [1.29, 1.82) is 0 Å². The van der Waals surface area contributed by atoms with Crippen LogP contribution in [0.5, 0.6) is 0 Å². The molecule has 0 bridgehead atoms. The first kappa shape index (κ1) is 17.4. The lowest BCUT2D eigenvalue weighted by Crippen LogP contribution is -2.29. The Hall–Kier alpha value is -0.910. The average Bonchev–Trinajstić information content (AvgIpc) is 2.46. The van der Waals surface area contributed by atoms with Crippen molar-refractivity contribution < 1.29 is 8.42 Å².